The Hall–Kier alpha value is -1.81. The molecule has 0 aliphatic carbocycles. The number of imidazole rings is 1. The highest BCUT2D eigenvalue weighted by Gasteiger charge is 2.14. The Morgan fingerprint density at radius 2 is 1.83 bits per heavy atom. The summed E-state index contributed by atoms with van der Waals surface area (Å²) in [5.74, 6) is 0. The lowest BCUT2D eigenvalue weighted by Crippen LogP contribution is -2.12. The molecular formula is C18H16Cl2N2O. The van der Waals surface area contributed by atoms with Crippen LogP contribution in [0.4, 0.5) is 0 Å². The second-order valence-electron chi connectivity index (χ2n) is 5.20. The van der Waals surface area contributed by atoms with Crippen molar-refractivity contribution >= 4 is 23.2 Å². The van der Waals surface area contributed by atoms with E-state index in [1.54, 1.807) is 12.5 Å². The first-order valence-electron chi connectivity index (χ1n) is 7.28. The van der Waals surface area contributed by atoms with E-state index < -0.39 is 0 Å². The first-order valence-corrected chi connectivity index (χ1v) is 8.04. The molecule has 1 atom stereocenters. The molecule has 1 aromatic heterocycles. The standard InChI is InChI=1S/C18H16Cl2N2O/c19-16-7-5-14(6-8-16)18(11-22-10-9-21-13-22)23-12-15-3-1-2-4-17(15)20/h1-10,13,18H,11-12H2. The Labute approximate surface area is 145 Å². The van der Waals surface area contributed by atoms with E-state index in [1.807, 2.05) is 59.3 Å². The Morgan fingerprint density at radius 3 is 2.52 bits per heavy atom. The molecule has 5 heteroatoms. The third-order valence-electron chi connectivity index (χ3n) is 3.58. The van der Waals surface area contributed by atoms with E-state index in [0.29, 0.717) is 23.2 Å². The molecule has 0 aliphatic rings. The highest BCUT2D eigenvalue weighted by atomic mass is 35.5. The van der Waals surface area contributed by atoms with Crippen LogP contribution in [0, 0.1) is 0 Å². The SMILES string of the molecule is Clc1ccc(C(Cn2ccnc2)OCc2ccccc2Cl)cc1. The topological polar surface area (TPSA) is 27.1 Å². The molecule has 0 fully saturated rings. The van der Waals surface area contributed by atoms with Gasteiger partial charge in [0.15, 0.2) is 0 Å². The lowest BCUT2D eigenvalue weighted by molar-refractivity contribution is 0.0280. The number of aromatic nitrogens is 2. The molecule has 0 saturated heterocycles. The van der Waals surface area contributed by atoms with Gasteiger partial charge >= 0.3 is 0 Å². The molecule has 23 heavy (non-hydrogen) atoms. The number of benzene rings is 2. The molecule has 0 aliphatic heterocycles. The van der Waals surface area contributed by atoms with Crippen molar-refractivity contribution in [2.75, 3.05) is 0 Å². The second kappa shape index (κ2) is 7.64. The molecule has 3 nitrogen and oxygen atoms in total. The lowest BCUT2D eigenvalue weighted by atomic mass is 10.1. The van der Waals surface area contributed by atoms with E-state index in [2.05, 4.69) is 4.98 Å². The van der Waals surface area contributed by atoms with Crippen LogP contribution >= 0.6 is 23.2 Å². The van der Waals surface area contributed by atoms with Crippen LogP contribution < -0.4 is 0 Å². The van der Waals surface area contributed by atoms with Gasteiger partial charge in [-0.25, -0.2) is 4.98 Å². The van der Waals surface area contributed by atoms with Crippen LogP contribution in [0.5, 0.6) is 0 Å². The van der Waals surface area contributed by atoms with Crippen molar-refractivity contribution < 1.29 is 4.74 Å². The maximum Gasteiger partial charge on any atom is 0.101 e. The minimum atomic E-state index is -0.113. The molecule has 2 aromatic carbocycles. The maximum absolute atomic E-state index is 6.20. The van der Waals surface area contributed by atoms with Gasteiger partial charge in [0.05, 0.1) is 19.5 Å². The van der Waals surface area contributed by atoms with Crippen molar-refractivity contribution in [3.05, 3.63) is 88.4 Å². The van der Waals surface area contributed by atoms with E-state index in [9.17, 15) is 0 Å². The van der Waals surface area contributed by atoms with E-state index in [-0.39, 0.29) is 6.10 Å². The zero-order chi connectivity index (χ0) is 16.1. The van der Waals surface area contributed by atoms with Crippen molar-refractivity contribution in [3.63, 3.8) is 0 Å². The third kappa shape index (κ3) is 4.35. The molecule has 0 N–H and O–H groups in total. The zero-order valence-corrected chi connectivity index (χ0v) is 13.9. The van der Waals surface area contributed by atoms with Crippen LogP contribution in [0.1, 0.15) is 17.2 Å². The van der Waals surface area contributed by atoms with Crippen LogP contribution in [0.2, 0.25) is 10.0 Å². The average molecular weight is 347 g/mol. The fourth-order valence-corrected chi connectivity index (χ4v) is 2.64. The smallest absolute Gasteiger partial charge is 0.101 e. The second-order valence-corrected chi connectivity index (χ2v) is 6.05. The summed E-state index contributed by atoms with van der Waals surface area (Å²) in [5.41, 5.74) is 2.04. The molecule has 0 amide bonds. The van der Waals surface area contributed by atoms with Gasteiger partial charge < -0.3 is 9.30 Å². The first kappa shape index (κ1) is 16.1. The summed E-state index contributed by atoms with van der Waals surface area (Å²) >= 11 is 12.2. The average Bonchev–Trinajstić information content (AvgIpc) is 3.07. The number of hydrogen-bond acceptors (Lipinski definition) is 2. The molecular weight excluding hydrogens is 331 g/mol. The Balaban J connectivity index is 1.77. The summed E-state index contributed by atoms with van der Waals surface area (Å²) in [6.45, 7) is 1.12. The van der Waals surface area contributed by atoms with Crippen LogP contribution in [0.3, 0.4) is 0 Å². The molecule has 3 aromatic rings. The van der Waals surface area contributed by atoms with Gasteiger partial charge in [-0.1, -0.05) is 53.5 Å². The van der Waals surface area contributed by atoms with Crippen LogP contribution in [-0.4, -0.2) is 9.55 Å². The van der Waals surface area contributed by atoms with Crippen LogP contribution in [0.25, 0.3) is 0 Å². The van der Waals surface area contributed by atoms with Gasteiger partial charge in [0.2, 0.25) is 0 Å². The Kier molecular flexibility index (Phi) is 5.34. The molecule has 0 radical (unpaired) electrons. The number of rotatable bonds is 6. The van der Waals surface area contributed by atoms with Gasteiger partial charge in [-0.2, -0.15) is 0 Å². The summed E-state index contributed by atoms with van der Waals surface area (Å²) in [6, 6.07) is 15.4. The van der Waals surface area contributed by atoms with E-state index in [4.69, 9.17) is 27.9 Å². The molecule has 0 saturated carbocycles. The molecule has 1 heterocycles. The minimum absolute atomic E-state index is 0.113. The normalized spacial score (nSPS) is 12.3. The first-order chi connectivity index (χ1) is 11.2. The minimum Gasteiger partial charge on any atom is -0.367 e. The van der Waals surface area contributed by atoms with Crippen molar-refractivity contribution in [1.82, 2.24) is 9.55 Å². The summed E-state index contributed by atoms with van der Waals surface area (Å²) in [4.78, 5) is 4.08. The third-order valence-corrected chi connectivity index (χ3v) is 4.20. The predicted molar refractivity (Wildman–Crippen MR) is 92.7 cm³/mol. The molecule has 118 valence electrons. The predicted octanol–water partition coefficient (Wildman–Crippen LogP) is 5.15. The molecule has 1 unspecified atom stereocenters. The number of hydrogen-bond donors (Lipinski definition) is 0. The number of nitrogens with zero attached hydrogens (tertiary/aromatic N) is 2. The largest absolute Gasteiger partial charge is 0.367 e. The van der Waals surface area contributed by atoms with Gasteiger partial charge in [0.1, 0.15) is 6.10 Å². The maximum atomic E-state index is 6.20. The molecule has 0 spiro atoms. The highest BCUT2D eigenvalue weighted by Crippen LogP contribution is 2.25. The van der Waals surface area contributed by atoms with Gasteiger partial charge in [-0.05, 0) is 29.3 Å². The summed E-state index contributed by atoms with van der Waals surface area (Å²) < 4.78 is 8.12. The van der Waals surface area contributed by atoms with Crippen molar-refractivity contribution in [2.45, 2.75) is 19.3 Å². The van der Waals surface area contributed by atoms with E-state index in [0.717, 1.165) is 11.1 Å². The highest BCUT2D eigenvalue weighted by molar-refractivity contribution is 6.31. The van der Waals surface area contributed by atoms with Gasteiger partial charge in [0.25, 0.3) is 0 Å². The Bertz CT molecular complexity index is 742. The summed E-state index contributed by atoms with van der Waals surface area (Å²) in [6.07, 6.45) is 5.34. The quantitative estimate of drug-likeness (QED) is 0.617. The molecule has 0 bridgehead atoms. The molecule has 3 rings (SSSR count). The monoisotopic (exact) mass is 346 g/mol. The van der Waals surface area contributed by atoms with Crippen LogP contribution in [-0.2, 0) is 17.9 Å². The van der Waals surface area contributed by atoms with Crippen molar-refractivity contribution in [1.29, 1.82) is 0 Å². The van der Waals surface area contributed by atoms with Gasteiger partial charge in [-0.3, -0.25) is 0 Å². The van der Waals surface area contributed by atoms with Gasteiger partial charge in [-0.15, -0.1) is 0 Å². The lowest BCUT2D eigenvalue weighted by Gasteiger charge is -2.19. The van der Waals surface area contributed by atoms with E-state index >= 15 is 0 Å². The summed E-state index contributed by atoms with van der Waals surface area (Å²) in [7, 11) is 0. The fraction of sp³-hybridized carbons (Fsp3) is 0.167. The van der Waals surface area contributed by atoms with Crippen molar-refractivity contribution in [2.24, 2.45) is 0 Å². The fourth-order valence-electron chi connectivity index (χ4n) is 2.32. The van der Waals surface area contributed by atoms with E-state index in [1.165, 1.54) is 0 Å². The summed E-state index contributed by atoms with van der Waals surface area (Å²) in [5, 5.41) is 1.42. The zero-order valence-electron chi connectivity index (χ0n) is 12.4. The Morgan fingerprint density at radius 1 is 1.04 bits per heavy atom. The van der Waals surface area contributed by atoms with Gasteiger partial charge in [0, 0.05) is 22.4 Å². The van der Waals surface area contributed by atoms with Crippen LogP contribution in [0.15, 0.2) is 67.3 Å². The van der Waals surface area contributed by atoms with Crippen molar-refractivity contribution in [3.8, 4) is 0 Å². The number of halogens is 2. The number of ether oxygens (including phenoxy) is 1.